The second-order valence-electron chi connectivity index (χ2n) is 6.76. The molecule has 0 spiro atoms. The fourth-order valence-electron chi connectivity index (χ4n) is 3.85. The van der Waals surface area contributed by atoms with E-state index in [0.29, 0.717) is 17.1 Å². The molecule has 4 nitrogen and oxygen atoms in total. The lowest BCUT2D eigenvalue weighted by molar-refractivity contribution is 0.619. The number of oxazole rings is 1. The van der Waals surface area contributed by atoms with E-state index < -0.39 is 0 Å². The highest BCUT2D eigenvalue weighted by molar-refractivity contribution is 6.09. The maximum absolute atomic E-state index is 5.84. The van der Waals surface area contributed by atoms with Gasteiger partial charge in [0.25, 0.3) is 0 Å². The fourth-order valence-corrected chi connectivity index (χ4v) is 3.85. The fraction of sp³-hybridized carbons (Fsp3) is 0. The minimum Gasteiger partial charge on any atom is -0.434 e. The third-order valence-corrected chi connectivity index (χ3v) is 5.12. The van der Waals surface area contributed by atoms with E-state index >= 15 is 0 Å². The molecule has 6 aromatic rings. The zero-order chi connectivity index (χ0) is 18.5. The van der Waals surface area contributed by atoms with Gasteiger partial charge in [-0.2, -0.15) is 4.98 Å². The van der Waals surface area contributed by atoms with E-state index in [1.54, 1.807) is 6.20 Å². The summed E-state index contributed by atoms with van der Waals surface area (Å²) in [5, 5.41) is 2.51. The molecule has 28 heavy (non-hydrogen) atoms. The molecule has 3 aromatic heterocycles. The van der Waals surface area contributed by atoms with Crippen LogP contribution >= 0.6 is 0 Å². The number of para-hydroxylation sites is 2. The molecule has 0 saturated carbocycles. The molecular weight excluding hydrogens is 346 g/mol. The lowest BCUT2D eigenvalue weighted by atomic mass is 10.2. The molecule has 0 saturated heterocycles. The van der Waals surface area contributed by atoms with Gasteiger partial charge in [-0.15, -0.1) is 0 Å². The van der Waals surface area contributed by atoms with Crippen LogP contribution in [0.3, 0.4) is 0 Å². The van der Waals surface area contributed by atoms with Gasteiger partial charge in [-0.1, -0.05) is 36.4 Å². The number of fused-ring (bicyclic) bond motifs is 4. The van der Waals surface area contributed by atoms with E-state index in [2.05, 4.69) is 75.2 Å². The monoisotopic (exact) mass is 361 g/mol. The van der Waals surface area contributed by atoms with Crippen molar-refractivity contribution in [2.75, 3.05) is 0 Å². The summed E-state index contributed by atoms with van der Waals surface area (Å²) in [5.74, 6) is 0.586. The molecule has 0 atom stereocenters. The molecule has 132 valence electrons. The molecule has 0 radical (unpaired) electrons. The molecule has 0 bridgehead atoms. The summed E-state index contributed by atoms with van der Waals surface area (Å²) < 4.78 is 8.14. The van der Waals surface area contributed by atoms with Crippen LogP contribution in [-0.4, -0.2) is 14.5 Å². The maximum Gasteiger partial charge on any atom is 0.228 e. The topological polar surface area (TPSA) is 43.9 Å². The number of aromatic nitrogens is 3. The van der Waals surface area contributed by atoms with Crippen LogP contribution in [0.25, 0.3) is 50.2 Å². The lowest BCUT2D eigenvalue weighted by Gasteiger charge is -2.08. The molecule has 0 fully saturated rings. The summed E-state index contributed by atoms with van der Waals surface area (Å²) in [5.41, 5.74) is 5.76. The molecular formula is C24H15N3O. The van der Waals surface area contributed by atoms with Crippen molar-refractivity contribution in [3.05, 3.63) is 91.1 Å². The number of benzene rings is 3. The minimum absolute atomic E-state index is 0.586. The Labute approximate surface area is 160 Å². The molecule has 0 aliphatic carbocycles. The number of hydrogen-bond acceptors (Lipinski definition) is 3. The average Bonchev–Trinajstić information content (AvgIpc) is 3.33. The number of hydrogen-bond donors (Lipinski definition) is 0. The van der Waals surface area contributed by atoms with Crippen LogP contribution in [0, 0.1) is 0 Å². The van der Waals surface area contributed by atoms with Crippen molar-refractivity contribution in [2.45, 2.75) is 0 Å². The second-order valence-corrected chi connectivity index (χ2v) is 6.76. The lowest BCUT2D eigenvalue weighted by Crippen LogP contribution is -1.93. The van der Waals surface area contributed by atoms with Crippen LogP contribution in [0.4, 0.5) is 0 Å². The first-order valence-corrected chi connectivity index (χ1v) is 9.19. The Morgan fingerprint density at radius 1 is 0.679 bits per heavy atom. The SMILES string of the molecule is c1cnc2nc(-c3ccc(-n4c5ccccc5c5ccccc54)cc3)oc2c1. The number of pyridine rings is 1. The van der Waals surface area contributed by atoms with Gasteiger partial charge in [0.1, 0.15) is 0 Å². The standard InChI is InChI=1S/C24H15N3O/c1-3-8-20-18(6-1)19-7-2-4-9-21(19)27(20)17-13-11-16(12-14-17)24-26-23-22(28-24)10-5-15-25-23/h1-15H. The van der Waals surface area contributed by atoms with E-state index in [0.717, 1.165) is 11.3 Å². The van der Waals surface area contributed by atoms with Crippen LogP contribution in [0.5, 0.6) is 0 Å². The molecule has 4 heteroatoms. The summed E-state index contributed by atoms with van der Waals surface area (Å²) in [4.78, 5) is 8.74. The maximum atomic E-state index is 5.84. The Hall–Kier alpha value is -3.92. The van der Waals surface area contributed by atoms with E-state index in [1.165, 1.54) is 21.8 Å². The third-order valence-electron chi connectivity index (χ3n) is 5.12. The number of nitrogens with zero attached hydrogens (tertiary/aromatic N) is 3. The van der Waals surface area contributed by atoms with Crippen LogP contribution < -0.4 is 0 Å². The Kier molecular flexibility index (Phi) is 3.14. The van der Waals surface area contributed by atoms with Gasteiger partial charge in [0.15, 0.2) is 11.2 Å². The van der Waals surface area contributed by atoms with Crippen LogP contribution in [0.2, 0.25) is 0 Å². The largest absolute Gasteiger partial charge is 0.434 e. The van der Waals surface area contributed by atoms with Crippen LogP contribution in [0.15, 0.2) is 95.5 Å². The molecule has 6 rings (SSSR count). The van der Waals surface area contributed by atoms with Crippen LogP contribution in [0.1, 0.15) is 0 Å². The quantitative estimate of drug-likeness (QED) is 0.381. The van der Waals surface area contributed by atoms with Crippen molar-refractivity contribution in [1.82, 2.24) is 14.5 Å². The predicted octanol–water partition coefficient (Wildman–Crippen LogP) is 5.99. The Morgan fingerprint density at radius 3 is 2.04 bits per heavy atom. The highest BCUT2D eigenvalue weighted by Gasteiger charge is 2.12. The van der Waals surface area contributed by atoms with Crippen molar-refractivity contribution in [2.24, 2.45) is 0 Å². The summed E-state index contributed by atoms with van der Waals surface area (Å²) in [7, 11) is 0. The summed E-state index contributed by atoms with van der Waals surface area (Å²) in [6, 6.07) is 29.0. The average molecular weight is 361 g/mol. The molecule has 3 aromatic carbocycles. The van der Waals surface area contributed by atoms with Gasteiger partial charge in [-0.25, -0.2) is 4.98 Å². The van der Waals surface area contributed by atoms with Gasteiger partial charge >= 0.3 is 0 Å². The van der Waals surface area contributed by atoms with Crippen molar-refractivity contribution >= 4 is 33.0 Å². The van der Waals surface area contributed by atoms with Gasteiger partial charge < -0.3 is 8.98 Å². The summed E-state index contributed by atoms with van der Waals surface area (Å²) in [6.07, 6.45) is 1.72. The first-order chi connectivity index (χ1) is 13.9. The van der Waals surface area contributed by atoms with Gasteiger partial charge in [-0.3, -0.25) is 0 Å². The van der Waals surface area contributed by atoms with Gasteiger partial charge in [0.05, 0.1) is 11.0 Å². The first kappa shape index (κ1) is 15.2. The molecule has 0 aliphatic rings. The molecule has 0 unspecified atom stereocenters. The van der Waals surface area contributed by atoms with Crippen molar-refractivity contribution in [3.8, 4) is 17.1 Å². The van der Waals surface area contributed by atoms with Gasteiger partial charge in [-0.05, 0) is 48.5 Å². The van der Waals surface area contributed by atoms with E-state index in [1.807, 2.05) is 24.3 Å². The summed E-state index contributed by atoms with van der Waals surface area (Å²) >= 11 is 0. The van der Waals surface area contributed by atoms with E-state index in [4.69, 9.17) is 4.42 Å². The highest BCUT2D eigenvalue weighted by atomic mass is 16.3. The van der Waals surface area contributed by atoms with Gasteiger partial charge in [0, 0.05) is 28.2 Å². The second kappa shape index (κ2) is 5.79. The molecule has 0 N–H and O–H groups in total. The van der Waals surface area contributed by atoms with E-state index in [9.17, 15) is 0 Å². The zero-order valence-electron chi connectivity index (χ0n) is 14.9. The number of rotatable bonds is 2. The normalized spacial score (nSPS) is 11.6. The third kappa shape index (κ3) is 2.18. The Balaban J connectivity index is 1.52. The zero-order valence-corrected chi connectivity index (χ0v) is 14.9. The molecule has 0 aliphatic heterocycles. The minimum atomic E-state index is 0.586. The smallest absolute Gasteiger partial charge is 0.228 e. The van der Waals surface area contributed by atoms with E-state index in [-0.39, 0.29) is 0 Å². The summed E-state index contributed by atoms with van der Waals surface area (Å²) in [6.45, 7) is 0. The molecule has 0 amide bonds. The molecule has 3 heterocycles. The predicted molar refractivity (Wildman–Crippen MR) is 112 cm³/mol. The van der Waals surface area contributed by atoms with Crippen molar-refractivity contribution < 1.29 is 4.42 Å². The Bertz CT molecular complexity index is 1370. The highest BCUT2D eigenvalue weighted by Crippen LogP contribution is 2.32. The Morgan fingerprint density at radius 2 is 1.36 bits per heavy atom. The van der Waals surface area contributed by atoms with Crippen LogP contribution in [-0.2, 0) is 0 Å². The van der Waals surface area contributed by atoms with Crippen molar-refractivity contribution in [1.29, 1.82) is 0 Å². The first-order valence-electron chi connectivity index (χ1n) is 9.19. The van der Waals surface area contributed by atoms with Crippen molar-refractivity contribution in [3.63, 3.8) is 0 Å². The van der Waals surface area contributed by atoms with Gasteiger partial charge in [0.2, 0.25) is 5.89 Å².